The first-order chi connectivity index (χ1) is 8.75. The largest absolute Gasteiger partial charge is 0.493 e. The van der Waals surface area contributed by atoms with Crippen molar-refractivity contribution in [1.29, 1.82) is 0 Å². The van der Waals surface area contributed by atoms with E-state index in [0.717, 1.165) is 17.7 Å². The van der Waals surface area contributed by atoms with E-state index in [-0.39, 0.29) is 0 Å². The summed E-state index contributed by atoms with van der Waals surface area (Å²) in [5, 5.41) is 9.49. The van der Waals surface area contributed by atoms with E-state index in [1.54, 1.807) is 19.3 Å². The van der Waals surface area contributed by atoms with Crippen LogP contribution in [0.2, 0.25) is 0 Å². The molecule has 3 heteroatoms. The van der Waals surface area contributed by atoms with Gasteiger partial charge in [0.05, 0.1) is 12.7 Å². The molecule has 0 aliphatic heterocycles. The Morgan fingerprint density at radius 2 is 2.00 bits per heavy atom. The van der Waals surface area contributed by atoms with Gasteiger partial charge in [-0.25, -0.2) is 0 Å². The zero-order valence-electron chi connectivity index (χ0n) is 10.4. The standard InChI is InChI=1S/C15H17NO2/c1-12(17)14-3-2-4-15(11-14)18-10-7-13-5-8-16-9-6-13/h2-6,8-9,11-12,17H,7,10H2,1H3/t12-/m1/s1. The van der Waals surface area contributed by atoms with Gasteiger partial charge >= 0.3 is 0 Å². The molecular weight excluding hydrogens is 226 g/mol. The van der Waals surface area contributed by atoms with Gasteiger partial charge in [0.25, 0.3) is 0 Å². The molecule has 0 bridgehead atoms. The Kier molecular flexibility index (Phi) is 4.31. The van der Waals surface area contributed by atoms with Gasteiger partial charge in [0.1, 0.15) is 5.75 Å². The van der Waals surface area contributed by atoms with Crippen molar-refractivity contribution >= 4 is 0 Å². The van der Waals surface area contributed by atoms with Gasteiger partial charge in [-0.05, 0) is 42.3 Å². The van der Waals surface area contributed by atoms with E-state index < -0.39 is 6.10 Å². The van der Waals surface area contributed by atoms with Crippen LogP contribution < -0.4 is 4.74 Å². The first-order valence-corrected chi connectivity index (χ1v) is 6.05. The summed E-state index contributed by atoms with van der Waals surface area (Å²) in [7, 11) is 0. The molecule has 0 aliphatic rings. The zero-order chi connectivity index (χ0) is 12.8. The summed E-state index contributed by atoms with van der Waals surface area (Å²) >= 11 is 0. The van der Waals surface area contributed by atoms with Crippen LogP contribution in [0, 0.1) is 0 Å². The number of pyridine rings is 1. The molecule has 0 unspecified atom stereocenters. The SMILES string of the molecule is C[C@@H](O)c1cccc(OCCc2ccncc2)c1. The maximum Gasteiger partial charge on any atom is 0.119 e. The molecule has 1 aromatic heterocycles. The fourth-order valence-corrected chi connectivity index (χ4v) is 1.70. The second-order valence-corrected chi connectivity index (χ2v) is 4.20. The number of hydrogen-bond donors (Lipinski definition) is 1. The Morgan fingerprint density at radius 1 is 1.22 bits per heavy atom. The molecule has 0 amide bonds. The van der Waals surface area contributed by atoms with Crippen molar-refractivity contribution in [1.82, 2.24) is 4.98 Å². The summed E-state index contributed by atoms with van der Waals surface area (Å²) in [4.78, 5) is 3.97. The molecule has 0 aliphatic carbocycles. The number of hydrogen-bond acceptors (Lipinski definition) is 3. The third-order valence-corrected chi connectivity index (χ3v) is 2.75. The van der Waals surface area contributed by atoms with Crippen molar-refractivity contribution in [2.45, 2.75) is 19.4 Å². The van der Waals surface area contributed by atoms with Gasteiger partial charge in [-0.1, -0.05) is 12.1 Å². The van der Waals surface area contributed by atoms with Gasteiger partial charge in [0.2, 0.25) is 0 Å². The quantitative estimate of drug-likeness (QED) is 0.878. The van der Waals surface area contributed by atoms with E-state index in [2.05, 4.69) is 4.98 Å². The molecule has 3 nitrogen and oxygen atoms in total. The van der Waals surface area contributed by atoms with E-state index in [9.17, 15) is 5.11 Å². The minimum atomic E-state index is -0.464. The average molecular weight is 243 g/mol. The number of nitrogens with zero attached hydrogens (tertiary/aromatic N) is 1. The predicted molar refractivity (Wildman–Crippen MR) is 70.5 cm³/mol. The third-order valence-electron chi connectivity index (χ3n) is 2.75. The molecule has 0 saturated carbocycles. The molecule has 1 heterocycles. The second kappa shape index (κ2) is 6.17. The summed E-state index contributed by atoms with van der Waals surface area (Å²) < 4.78 is 5.67. The van der Waals surface area contributed by atoms with E-state index in [0.29, 0.717) is 6.61 Å². The minimum absolute atomic E-state index is 0.464. The van der Waals surface area contributed by atoms with Gasteiger partial charge in [0.15, 0.2) is 0 Å². The van der Waals surface area contributed by atoms with Crippen molar-refractivity contribution in [3.8, 4) is 5.75 Å². The Labute approximate surface area is 107 Å². The topological polar surface area (TPSA) is 42.4 Å². The van der Waals surface area contributed by atoms with Crippen molar-refractivity contribution in [3.05, 3.63) is 59.9 Å². The summed E-state index contributed by atoms with van der Waals surface area (Å²) in [5.74, 6) is 0.794. The van der Waals surface area contributed by atoms with Crippen LogP contribution >= 0.6 is 0 Å². The molecule has 1 atom stereocenters. The van der Waals surface area contributed by atoms with Crippen LogP contribution in [0.4, 0.5) is 0 Å². The minimum Gasteiger partial charge on any atom is -0.493 e. The van der Waals surface area contributed by atoms with Crippen LogP contribution in [0.5, 0.6) is 5.75 Å². The lowest BCUT2D eigenvalue weighted by Gasteiger charge is -2.09. The Morgan fingerprint density at radius 3 is 2.72 bits per heavy atom. The fourth-order valence-electron chi connectivity index (χ4n) is 1.70. The third kappa shape index (κ3) is 3.57. The summed E-state index contributed by atoms with van der Waals surface area (Å²) in [5.41, 5.74) is 2.08. The van der Waals surface area contributed by atoms with Gasteiger partial charge in [-0.2, -0.15) is 0 Å². The Bertz CT molecular complexity index is 483. The monoisotopic (exact) mass is 243 g/mol. The van der Waals surface area contributed by atoms with Gasteiger partial charge < -0.3 is 9.84 Å². The molecule has 0 fully saturated rings. The lowest BCUT2D eigenvalue weighted by molar-refractivity contribution is 0.198. The normalized spacial score (nSPS) is 12.1. The average Bonchev–Trinajstić information content (AvgIpc) is 2.40. The van der Waals surface area contributed by atoms with Crippen LogP contribution in [-0.2, 0) is 6.42 Å². The number of aliphatic hydroxyl groups is 1. The summed E-state index contributed by atoms with van der Waals surface area (Å²) in [6.45, 7) is 2.36. The van der Waals surface area contributed by atoms with Crippen LogP contribution in [0.15, 0.2) is 48.8 Å². The van der Waals surface area contributed by atoms with Crippen LogP contribution in [-0.4, -0.2) is 16.7 Å². The highest BCUT2D eigenvalue weighted by Crippen LogP contribution is 2.18. The number of aliphatic hydroxyl groups excluding tert-OH is 1. The van der Waals surface area contributed by atoms with Crippen LogP contribution in [0.3, 0.4) is 0 Å². The van der Waals surface area contributed by atoms with Crippen molar-refractivity contribution < 1.29 is 9.84 Å². The Hall–Kier alpha value is -1.87. The maximum atomic E-state index is 9.49. The number of rotatable bonds is 5. The first-order valence-electron chi connectivity index (χ1n) is 6.05. The lowest BCUT2D eigenvalue weighted by Crippen LogP contribution is -2.02. The Balaban J connectivity index is 1.89. The molecule has 94 valence electrons. The van der Waals surface area contributed by atoms with Gasteiger partial charge in [-0.15, -0.1) is 0 Å². The first kappa shape index (κ1) is 12.6. The zero-order valence-corrected chi connectivity index (χ0v) is 10.4. The molecule has 0 saturated heterocycles. The fraction of sp³-hybridized carbons (Fsp3) is 0.267. The molecule has 2 aromatic rings. The number of aromatic nitrogens is 1. The molecule has 0 radical (unpaired) electrons. The lowest BCUT2D eigenvalue weighted by atomic mass is 10.1. The van der Waals surface area contributed by atoms with Crippen molar-refractivity contribution in [2.75, 3.05) is 6.61 Å². The molecule has 18 heavy (non-hydrogen) atoms. The predicted octanol–water partition coefficient (Wildman–Crippen LogP) is 2.76. The summed E-state index contributed by atoms with van der Waals surface area (Å²) in [6.07, 6.45) is 3.95. The second-order valence-electron chi connectivity index (χ2n) is 4.20. The van der Waals surface area contributed by atoms with Crippen LogP contribution in [0.25, 0.3) is 0 Å². The summed E-state index contributed by atoms with van der Waals surface area (Å²) in [6, 6.07) is 11.5. The van der Waals surface area contributed by atoms with Crippen LogP contribution in [0.1, 0.15) is 24.2 Å². The molecule has 1 aromatic carbocycles. The molecule has 1 N–H and O–H groups in total. The number of benzene rings is 1. The highest BCUT2D eigenvalue weighted by molar-refractivity contribution is 5.29. The van der Waals surface area contributed by atoms with Crippen molar-refractivity contribution in [2.24, 2.45) is 0 Å². The van der Waals surface area contributed by atoms with Crippen molar-refractivity contribution in [3.63, 3.8) is 0 Å². The van der Waals surface area contributed by atoms with E-state index >= 15 is 0 Å². The van der Waals surface area contributed by atoms with E-state index in [1.807, 2.05) is 36.4 Å². The highest BCUT2D eigenvalue weighted by Gasteiger charge is 2.02. The number of ether oxygens (including phenoxy) is 1. The molecular formula is C15H17NO2. The van der Waals surface area contributed by atoms with Gasteiger partial charge in [0, 0.05) is 18.8 Å². The van der Waals surface area contributed by atoms with Gasteiger partial charge in [-0.3, -0.25) is 4.98 Å². The van der Waals surface area contributed by atoms with E-state index in [4.69, 9.17) is 4.74 Å². The molecule has 2 rings (SSSR count). The smallest absolute Gasteiger partial charge is 0.119 e. The van der Waals surface area contributed by atoms with E-state index in [1.165, 1.54) is 5.56 Å². The maximum absolute atomic E-state index is 9.49. The molecule has 0 spiro atoms. The highest BCUT2D eigenvalue weighted by atomic mass is 16.5.